The average Bonchev–Trinajstić information content (AvgIpc) is 2.98. The van der Waals surface area contributed by atoms with Gasteiger partial charge in [-0.05, 0) is 29.7 Å². The van der Waals surface area contributed by atoms with Gasteiger partial charge in [0.2, 0.25) is 0 Å². The highest BCUT2D eigenvalue weighted by Gasteiger charge is 2.46. The first kappa shape index (κ1) is 18.9. The van der Waals surface area contributed by atoms with Crippen LogP contribution in [0, 0.1) is 6.92 Å². The third-order valence-corrected chi connectivity index (χ3v) is 5.45. The molecular weight excluding hydrogens is 362 g/mol. The first-order valence-electron chi connectivity index (χ1n) is 9.86. The third kappa shape index (κ3) is 3.21. The Morgan fingerprint density at radius 2 is 1.66 bits per heavy atom. The lowest BCUT2D eigenvalue weighted by Gasteiger charge is -2.26. The van der Waals surface area contributed by atoms with Crippen molar-refractivity contribution in [3.05, 3.63) is 89.0 Å². The van der Waals surface area contributed by atoms with Gasteiger partial charge in [0.15, 0.2) is 0 Å². The molecule has 1 aliphatic rings. The van der Waals surface area contributed by atoms with Crippen LogP contribution in [-0.2, 0) is 9.59 Å². The average molecular weight is 385 g/mol. The van der Waals surface area contributed by atoms with E-state index in [1.807, 2.05) is 68.4 Å². The predicted molar refractivity (Wildman–Crippen MR) is 114 cm³/mol. The summed E-state index contributed by atoms with van der Waals surface area (Å²) in [6, 6.07) is 20.5. The number of amides is 1. The Kier molecular flexibility index (Phi) is 4.93. The van der Waals surface area contributed by atoms with Crippen LogP contribution < -0.4 is 0 Å². The Labute approximate surface area is 170 Å². The van der Waals surface area contributed by atoms with Gasteiger partial charge in [-0.1, -0.05) is 79.2 Å². The second-order valence-corrected chi connectivity index (χ2v) is 7.43. The minimum Gasteiger partial charge on any atom is -0.507 e. The lowest BCUT2D eigenvalue weighted by molar-refractivity contribution is -0.139. The molecule has 0 spiro atoms. The summed E-state index contributed by atoms with van der Waals surface area (Å²) in [5.41, 5.74) is 2.60. The Morgan fingerprint density at radius 3 is 2.38 bits per heavy atom. The lowest BCUT2D eigenvalue weighted by Crippen LogP contribution is -2.30. The monoisotopic (exact) mass is 385 g/mol. The molecule has 1 atom stereocenters. The second kappa shape index (κ2) is 7.55. The number of Topliss-reactive ketones (excluding diaryl/α,β-unsaturated/α-hetero) is 1. The van der Waals surface area contributed by atoms with Crippen molar-refractivity contribution in [1.82, 2.24) is 4.90 Å². The highest BCUT2D eigenvalue weighted by molar-refractivity contribution is 6.46. The van der Waals surface area contributed by atoms with Crippen molar-refractivity contribution in [2.24, 2.45) is 0 Å². The summed E-state index contributed by atoms with van der Waals surface area (Å²) in [4.78, 5) is 27.4. The number of aryl methyl sites for hydroxylation is 1. The van der Waals surface area contributed by atoms with Gasteiger partial charge in [-0.25, -0.2) is 0 Å². The van der Waals surface area contributed by atoms with Gasteiger partial charge in [-0.3, -0.25) is 9.59 Å². The number of benzene rings is 3. The van der Waals surface area contributed by atoms with Gasteiger partial charge in [-0.15, -0.1) is 0 Å². The Balaban J connectivity index is 1.97. The van der Waals surface area contributed by atoms with Crippen molar-refractivity contribution >= 4 is 28.2 Å². The van der Waals surface area contributed by atoms with E-state index in [1.165, 1.54) is 0 Å². The number of carbonyl (C=O) groups excluding carboxylic acids is 2. The maximum atomic E-state index is 13.0. The van der Waals surface area contributed by atoms with E-state index < -0.39 is 17.7 Å². The molecule has 1 saturated heterocycles. The lowest BCUT2D eigenvalue weighted by atomic mass is 9.91. The molecule has 0 aliphatic carbocycles. The molecule has 29 heavy (non-hydrogen) atoms. The number of rotatable bonds is 4. The fourth-order valence-corrected chi connectivity index (χ4v) is 4.03. The standard InChI is InChI=1S/C25H23NO3/c1-3-15-26-22(20-10-6-8-17-7-4-5-9-19(17)20)21(24(28)25(26)29)23(27)18-13-11-16(2)12-14-18/h4-14,22,27H,3,15H2,1-2H3/b23-21-. The molecule has 1 aliphatic heterocycles. The summed E-state index contributed by atoms with van der Waals surface area (Å²) in [5.74, 6) is -1.31. The smallest absolute Gasteiger partial charge is 0.295 e. The van der Waals surface area contributed by atoms with Crippen LogP contribution in [0.3, 0.4) is 0 Å². The number of carbonyl (C=O) groups is 2. The second-order valence-electron chi connectivity index (χ2n) is 7.43. The van der Waals surface area contributed by atoms with Crippen LogP contribution >= 0.6 is 0 Å². The summed E-state index contributed by atoms with van der Waals surface area (Å²) in [6.07, 6.45) is 0.721. The van der Waals surface area contributed by atoms with Crippen LogP contribution in [0.25, 0.3) is 16.5 Å². The Morgan fingerprint density at radius 1 is 0.966 bits per heavy atom. The predicted octanol–water partition coefficient (Wildman–Crippen LogP) is 4.98. The van der Waals surface area contributed by atoms with Crippen LogP contribution in [-0.4, -0.2) is 28.2 Å². The number of ketones is 1. The molecular formula is C25H23NO3. The topological polar surface area (TPSA) is 57.6 Å². The minimum absolute atomic E-state index is 0.125. The van der Waals surface area contributed by atoms with Crippen LogP contribution in [0.15, 0.2) is 72.3 Å². The molecule has 1 unspecified atom stereocenters. The Hall–Kier alpha value is -3.40. The molecule has 1 fully saturated rings. The number of aliphatic hydroxyl groups is 1. The van der Waals surface area contributed by atoms with Gasteiger partial charge in [-0.2, -0.15) is 0 Å². The van der Waals surface area contributed by atoms with E-state index in [2.05, 4.69) is 0 Å². The third-order valence-electron chi connectivity index (χ3n) is 5.45. The molecule has 0 bridgehead atoms. The SMILES string of the molecule is CCCN1C(=O)C(=O)/C(=C(\O)c2ccc(C)cc2)C1c1cccc2ccccc12. The van der Waals surface area contributed by atoms with E-state index in [0.29, 0.717) is 12.1 Å². The number of aliphatic hydroxyl groups excluding tert-OH is 1. The highest BCUT2D eigenvalue weighted by Crippen LogP contribution is 2.41. The van der Waals surface area contributed by atoms with Gasteiger partial charge < -0.3 is 10.0 Å². The van der Waals surface area contributed by atoms with Gasteiger partial charge in [0.05, 0.1) is 11.6 Å². The fourth-order valence-electron chi connectivity index (χ4n) is 4.03. The molecule has 0 aromatic heterocycles. The van der Waals surface area contributed by atoms with Crippen LogP contribution in [0.4, 0.5) is 0 Å². The molecule has 0 saturated carbocycles. The Bertz CT molecular complexity index is 1120. The molecule has 1 N–H and O–H groups in total. The normalized spacial score (nSPS) is 18.6. The van der Waals surface area contributed by atoms with E-state index in [-0.39, 0.29) is 11.3 Å². The van der Waals surface area contributed by atoms with Gasteiger partial charge in [0.1, 0.15) is 5.76 Å². The minimum atomic E-state index is -0.630. The van der Waals surface area contributed by atoms with Gasteiger partial charge >= 0.3 is 0 Å². The van der Waals surface area contributed by atoms with Crippen molar-refractivity contribution in [2.75, 3.05) is 6.54 Å². The summed E-state index contributed by atoms with van der Waals surface area (Å²) in [7, 11) is 0. The number of hydrogen-bond acceptors (Lipinski definition) is 3. The summed E-state index contributed by atoms with van der Waals surface area (Å²) in [5, 5.41) is 13.1. The first-order chi connectivity index (χ1) is 14.0. The zero-order valence-electron chi connectivity index (χ0n) is 16.6. The van der Waals surface area contributed by atoms with Crippen LogP contribution in [0.2, 0.25) is 0 Å². The molecule has 3 aromatic carbocycles. The first-order valence-corrected chi connectivity index (χ1v) is 9.86. The molecule has 1 amide bonds. The van der Waals surface area contributed by atoms with Crippen molar-refractivity contribution in [3.63, 3.8) is 0 Å². The van der Waals surface area contributed by atoms with Crippen molar-refractivity contribution in [1.29, 1.82) is 0 Å². The maximum absolute atomic E-state index is 13.0. The molecule has 3 aromatic rings. The summed E-state index contributed by atoms with van der Waals surface area (Å²) in [6.45, 7) is 4.38. The van der Waals surface area contributed by atoms with Gasteiger partial charge in [0, 0.05) is 12.1 Å². The molecule has 146 valence electrons. The van der Waals surface area contributed by atoms with Crippen LogP contribution in [0.1, 0.15) is 36.1 Å². The number of fused-ring (bicyclic) bond motifs is 1. The number of nitrogens with zero attached hydrogens (tertiary/aromatic N) is 1. The van der Waals surface area contributed by atoms with Crippen molar-refractivity contribution in [2.45, 2.75) is 26.3 Å². The molecule has 4 nitrogen and oxygen atoms in total. The van der Waals surface area contributed by atoms with E-state index in [0.717, 1.165) is 28.3 Å². The fraction of sp³-hybridized carbons (Fsp3) is 0.200. The van der Waals surface area contributed by atoms with E-state index in [9.17, 15) is 14.7 Å². The molecule has 1 heterocycles. The number of hydrogen-bond donors (Lipinski definition) is 1. The van der Waals surface area contributed by atoms with E-state index in [4.69, 9.17) is 0 Å². The van der Waals surface area contributed by atoms with Crippen molar-refractivity contribution < 1.29 is 14.7 Å². The van der Waals surface area contributed by atoms with Crippen LogP contribution in [0.5, 0.6) is 0 Å². The molecule has 4 rings (SSSR count). The van der Waals surface area contributed by atoms with Gasteiger partial charge in [0.25, 0.3) is 11.7 Å². The highest BCUT2D eigenvalue weighted by atomic mass is 16.3. The maximum Gasteiger partial charge on any atom is 0.295 e. The quantitative estimate of drug-likeness (QED) is 0.391. The van der Waals surface area contributed by atoms with E-state index >= 15 is 0 Å². The zero-order valence-corrected chi connectivity index (χ0v) is 16.6. The zero-order chi connectivity index (χ0) is 20.5. The molecule has 4 heteroatoms. The summed E-state index contributed by atoms with van der Waals surface area (Å²) < 4.78 is 0. The summed E-state index contributed by atoms with van der Waals surface area (Å²) >= 11 is 0. The van der Waals surface area contributed by atoms with E-state index in [1.54, 1.807) is 17.0 Å². The largest absolute Gasteiger partial charge is 0.507 e. The number of likely N-dealkylation sites (tertiary alicyclic amines) is 1. The van der Waals surface area contributed by atoms with Crippen molar-refractivity contribution in [3.8, 4) is 0 Å². The molecule has 0 radical (unpaired) electrons.